The Bertz CT molecular complexity index is 1040. The summed E-state index contributed by atoms with van der Waals surface area (Å²) in [6.45, 7) is 0. The molecule has 0 fully saturated rings. The molecule has 4 rings (SSSR count). The third-order valence-electron chi connectivity index (χ3n) is 6.78. The van der Waals surface area contributed by atoms with Gasteiger partial charge in [0.1, 0.15) is 0 Å². The molecule has 0 amide bonds. The number of carbonyl (C=O) groups is 2. The number of ether oxygens (including phenoxy) is 1. The molecule has 188 valence electrons. The summed E-state index contributed by atoms with van der Waals surface area (Å²) in [6.07, 6.45) is 3.41. The van der Waals surface area contributed by atoms with Crippen LogP contribution in [0.1, 0.15) is 72.6 Å². The zero-order valence-corrected chi connectivity index (χ0v) is 21.2. The molecule has 0 N–H and O–H groups in total. The highest BCUT2D eigenvalue weighted by molar-refractivity contribution is 5.85. The Balaban J connectivity index is 1.25. The predicted octanol–water partition coefficient (Wildman–Crippen LogP) is 8.06. The molecule has 4 aromatic carbocycles. The lowest BCUT2D eigenvalue weighted by Crippen LogP contribution is -2.13. The third-order valence-corrected chi connectivity index (χ3v) is 6.78. The minimum Gasteiger partial charge on any atom is -0.393 e. The molecule has 0 saturated carbocycles. The summed E-state index contributed by atoms with van der Waals surface area (Å²) >= 11 is 0. The van der Waals surface area contributed by atoms with Crippen LogP contribution in [0.2, 0.25) is 0 Å². The van der Waals surface area contributed by atoms with Crippen LogP contribution in [0.15, 0.2) is 121 Å². The lowest BCUT2D eigenvalue weighted by molar-refractivity contribution is -0.159. The summed E-state index contributed by atoms with van der Waals surface area (Å²) in [6, 6.07) is 41.3. The molecule has 0 aromatic heterocycles. The van der Waals surface area contributed by atoms with Gasteiger partial charge in [-0.05, 0) is 47.9 Å². The minimum atomic E-state index is -0.437. The molecule has 0 spiro atoms. The van der Waals surface area contributed by atoms with Crippen molar-refractivity contribution in [1.82, 2.24) is 0 Å². The second kappa shape index (κ2) is 13.9. The number of carbonyl (C=O) groups excluding carboxylic acids is 2. The van der Waals surface area contributed by atoms with Gasteiger partial charge in [0.2, 0.25) is 0 Å². The van der Waals surface area contributed by atoms with Gasteiger partial charge in [-0.1, -0.05) is 121 Å². The molecule has 0 saturated heterocycles. The van der Waals surface area contributed by atoms with Crippen molar-refractivity contribution in [1.29, 1.82) is 0 Å². The topological polar surface area (TPSA) is 43.4 Å². The summed E-state index contributed by atoms with van der Waals surface area (Å²) in [4.78, 5) is 24.8. The zero-order chi connectivity index (χ0) is 25.7. The number of hydrogen-bond acceptors (Lipinski definition) is 3. The van der Waals surface area contributed by atoms with E-state index in [0.717, 1.165) is 12.8 Å². The number of benzene rings is 4. The molecule has 0 bridgehead atoms. The summed E-state index contributed by atoms with van der Waals surface area (Å²) < 4.78 is 5.16. The Labute approximate surface area is 220 Å². The van der Waals surface area contributed by atoms with E-state index in [9.17, 15) is 9.59 Å². The average molecular weight is 491 g/mol. The number of rotatable bonds is 12. The zero-order valence-electron chi connectivity index (χ0n) is 21.2. The molecule has 3 heteroatoms. The molecule has 0 radical (unpaired) electrons. The quantitative estimate of drug-likeness (QED) is 0.149. The fraction of sp³-hybridized carbons (Fsp3) is 0.235. The van der Waals surface area contributed by atoms with Crippen LogP contribution >= 0.6 is 0 Å². The highest BCUT2D eigenvalue weighted by Crippen LogP contribution is 2.31. The first-order chi connectivity index (χ1) is 18.2. The first-order valence-corrected chi connectivity index (χ1v) is 13.1. The van der Waals surface area contributed by atoms with Crippen LogP contribution in [0.25, 0.3) is 0 Å². The summed E-state index contributed by atoms with van der Waals surface area (Å²) in [5.41, 5.74) is 4.91. The highest BCUT2D eigenvalue weighted by atomic mass is 16.6. The fourth-order valence-corrected chi connectivity index (χ4v) is 4.92. The van der Waals surface area contributed by atoms with Gasteiger partial charge < -0.3 is 4.74 Å². The van der Waals surface area contributed by atoms with E-state index in [0.29, 0.717) is 12.8 Å². The van der Waals surface area contributed by atoms with E-state index in [1.165, 1.54) is 22.3 Å². The van der Waals surface area contributed by atoms with E-state index >= 15 is 0 Å². The van der Waals surface area contributed by atoms with Gasteiger partial charge in [0.05, 0.1) is 0 Å². The van der Waals surface area contributed by atoms with Gasteiger partial charge in [0.15, 0.2) is 0 Å². The van der Waals surface area contributed by atoms with Crippen LogP contribution < -0.4 is 0 Å². The maximum atomic E-state index is 12.4. The van der Waals surface area contributed by atoms with Crippen LogP contribution in [-0.2, 0) is 14.3 Å². The van der Waals surface area contributed by atoms with Crippen molar-refractivity contribution < 1.29 is 14.3 Å². The summed E-state index contributed by atoms with van der Waals surface area (Å²) in [5, 5.41) is 0. The van der Waals surface area contributed by atoms with Gasteiger partial charge in [0, 0.05) is 24.7 Å². The molecule has 0 aliphatic carbocycles. The van der Waals surface area contributed by atoms with Gasteiger partial charge in [-0.15, -0.1) is 0 Å². The van der Waals surface area contributed by atoms with E-state index in [1.807, 2.05) is 72.8 Å². The second-order valence-corrected chi connectivity index (χ2v) is 9.38. The standard InChI is InChI=1S/C34H34O3/c35-33(25-13-23-31(27-15-5-1-6-16-27)28-17-7-2-8-18-28)37-34(36)26-14-24-32(29-19-9-3-10-20-29)30-21-11-4-12-22-30/h1-12,15-22,31-32H,13-14,23-26H2. The Kier molecular flexibility index (Phi) is 9.83. The molecule has 0 aliphatic rings. The van der Waals surface area contributed by atoms with Gasteiger partial charge in [-0.3, -0.25) is 9.59 Å². The summed E-state index contributed by atoms with van der Waals surface area (Å²) in [7, 11) is 0. The Morgan fingerprint density at radius 1 is 0.459 bits per heavy atom. The first-order valence-electron chi connectivity index (χ1n) is 13.1. The van der Waals surface area contributed by atoms with Gasteiger partial charge in [0.25, 0.3) is 0 Å². The van der Waals surface area contributed by atoms with Crippen LogP contribution in [0.4, 0.5) is 0 Å². The maximum Gasteiger partial charge on any atom is 0.313 e. The van der Waals surface area contributed by atoms with Crippen molar-refractivity contribution in [3.05, 3.63) is 144 Å². The molecule has 3 nitrogen and oxygen atoms in total. The van der Waals surface area contributed by atoms with Crippen LogP contribution in [0, 0.1) is 0 Å². The van der Waals surface area contributed by atoms with E-state index in [1.54, 1.807) is 0 Å². The van der Waals surface area contributed by atoms with Crippen molar-refractivity contribution in [3.8, 4) is 0 Å². The van der Waals surface area contributed by atoms with Crippen molar-refractivity contribution >= 4 is 11.9 Å². The van der Waals surface area contributed by atoms with Crippen LogP contribution in [-0.4, -0.2) is 11.9 Å². The Hall–Kier alpha value is -3.98. The van der Waals surface area contributed by atoms with E-state index in [-0.39, 0.29) is 24.7 Å². The lowest BCUT2D eigenvalue weighted by atomic mass is 9.87. The molecule has 0 unspecified atom stereocenters. The van der Waals surface area contributed by atoms with Crippen molar-refractivity contribution in [3.63, 3.8) is 0 Å². The van der Waals surface area contributed by atoms with E-state index in [4.69, 9.17) is 4.74 Å². The Morgan fingerprint density at radius 3 is 1.00 bits per heavy atom. The molecule has 4 aromatic rings. The molecule has 0 aliphatic heterocycles. The average Bonchev–Trinajstić information content (AvgIpc) is 2.95. The minimum absolute atomic E-state index is 0.207. The SMILES string of the molecule is O=C(CCCC(c1ccccc1)c1ccccc1)OC(=O)CCCC(c1ccccc1)c1ccccc1. The van der Waals surface area contributed by atoms with Crippen molar-refractivity contribution in [2.45, 2.75) is 50.4 Å². The lowest BCUT2D eigenvalue weighted by Gasteiger charge is -2.18. The molecule has 37 heavy (non-hydrogen) atoms. The summed E-state index contributed by atoms with van der Waals surface area (Å²) in [5.74, 6) is -0.460. The monoisotopic (exact) mass is 490 g/mol. The molecule has 0 heterocycles. The van der Waals surface area contributed by atoms with Gasteiger partial charge >= 0.3 is 11.9 Å². The third kappa shape index (κ3) is 8.01. The van der Waals surface area contributed by atoms with E-state index in [2.05, 4.69) is 48.5 Å². The molecular weight excluding hydrogens is 456 g/mol. The number of esters is 2. The number of hydrogen-bond donors (Lipinski definition) is 0. The molecule has 0 atom stereocenters. The van der Waals surface area contributed by atoms with E-state index < -0.39 is 11.9 Å². The normalized spacial score (nSPS) is 11.0. The molecular formula is C34H34O3. The Morgan fingerprint density at radius 2 is 0.730 bits per heavy atom. The maximum absolute atomic E-state index is 12.4. The van der Waals surface area contributed by atoms with Crippen LogP contribution in [0.3, 0.4) is 0 Å². The predicted molar refractivity (Wildman–Crippen MR) is 148 cm³/mol. The van der Waals surface area contributed by atoms with Crippen molar-refractivity contribution in [2.75, 3.05) is 0 Å². The highest BCUT2D eigenvalue weighted by Gasteiger charge is 2.18. The largest absolute Gasteiger partial charge is 0.393 e. The fourth-order valence-electron chi connectivity index (χ4n) is 4.92. The first kappa shape index (κ1) is 26.1. The van der Waals surface area contributed by atoms with Crippen LogP contribution in [0.5, 0.6) is 0 Å². The van der Waals surface area contributed by atoms with Gasteiger partial charge in [-0.2, -0.15) is 0 Å². The van der Waals surface area contributed by atoms with Gasteiger partial charge in [-0.25, -0.2) is 0 Å². The van der Waals surface area contributed by atoms with Crippen molar-refractivity contribution in [2.24, 2.45) is 0 Å². The second-order valence-electron chi connectivity index (χ2n) is 9.38. The smallest absolute Gasteiger partial charge is 0.313 e.